The fourth-order valence-electron chi connectivity index (χ4n) is 2.63. The molecular formula is C21H17N3O4. The average molecular weight is 375 g/mol. The Bertz CT molecular complexity index is 1090. The molecule has 0 saturated heterocycles. The number of fused-ring (bicyclic) bond motifs is 1. The van der Waals surface area contributed by atoms with E-state index < -0.39 is 11.8 Å². The summed E-state index contributed by atoms with van der Waals surface area (Å²) >= 11 is 0. The van der Waals surface area contributed by atoms with Crippen LogP contribution in [-0.4, -0.2) is 28.3 Å². The molecule has 0 aromatic heterocycles. The molecule has 7 heteroatoms. The number of benzene rings is 3. The summed E-state index contributed by atoms with van der Waals surface area (Å²) < 4.78 is 0. The third-order valence-electron chi connectivity index (χ3n) is 3.99. The lowest BCUT2D eigenvalue weighted by atomic mass is 10.0. The van der Waals surface area contributed by atoms with Crippen molar-refractivity contribution in [2.24, 2.45) is 5.10 Å². The number of hydroxylamine groups is 1. The van der Waals surface area contributed by atoms with Gasteiger partial charge in [0.25, 0.3) is 11.8 Å². The van der Waals surface area contributed by atoms with Gasteiger partial charge in [0.1, 0.15) is 5.75 Å². The second kappa shape index (κ2) is 8.61. The molecule has 0 aliphatic heterocycles. The molecule has 0 unspecified atom stereocenters. The summed E-state index contributed by atoms with van der Waals surface area (Å²) in [4.78, 5) is 23.3. The van der Waals surface area contributed by atoms with Crippen LogP contribution in [0.25, 0.3) is 16.8 Å². The van der Waals surface area contributed by atoms with E-state index in [2.05, 4.69) is 10.5 Å². The maximum Gasteiger partial charge on any atom is 0.271 e. The van der Waals surface area contributed by atoms with Crippen molar-refractivity contribution in [2.75, 3.05) is 0 Å². The first kappa shape index (κ1) is 18.8. The van der Waals surface area contributed by atoms with Crippen molar-refractivity contribution < 1.29 is 19.9 Å². The third-order valence-corrected chi connectivity index (χ3v) is 3.99. The summed E-state index contributed by atoms with van der Waals surface area (Å²) in [6.45, 7) is 0. The zero-order valence-corrected chi connectivity index (χ0v) is 14.7. The van der Waals surface area contributed by atoms with Crippen LogP contribution in [0.3, 0.4) is 0 Å². The molecule has 0 radical (unpaired) electrons. The summed E-state index contributed by atoms with van der Waals surface area (Å²) in [7, 11) is 0. The lowest BCUT2D eigenvalue weighted by molar-refractivity contribution is -0.124. The molecule has 2 amide bonds. The maximum atomic E-state index is 12.3. The van der Waals surface area contributed by atoms with Gasteiger partial charge < -0.3 is 5.11 Å². The third kappa shape index (κ3) is 4.40. The average Bonchev–Trinajstić information content (AvgIpc) is 2.73. The molecule has 7 nitrogen and oxygen atoms in total. The first-order valence-electron chi connectivity index (χ1n) is 8.35. The first-order valence-corrected chi connectivity index (χ1v) is 8.35. The summed E-state index contributed by atoms with van der Waals surface area (Å²) in [6, 6.07) is 17.4. The van der Waals surface area contributed by atoms with Crippen LogP contribution in [0.1, 0.15) is 21.5 Å². The fraction of sp³-hybridized carbons (Fsp3) is 0. The molecule has 4 N–H and O–H groups in total. The molecule has 0 fully saturated rings. The molecule has 140 valence electrons. The van der Waals surface area contributed by atoms with Gasteiger partial charge in [-0.15, -0.1) is 0 Å². The molecule has 3 aromatic rings. The van der Waals surface area contributed by atoms with E-state index in [1.165, 1.54) is 17.8 Å². The van der Waals surface area contributed by atoms with Crippen LogP contribution in [0.4, 0.5) is 0 Å². The van der Waals surface area contributed by atoms with Gasteiger partial charge in [-0.3, -0.25) is 14.8 Å². The molecule has 0 spiro atoms. The number of aromatic hydroxyl groups is 1. The molecule has 0 aliphatic carbocycles. The van der Waals surface area contributed by atoms with Crippen LogP contribution in [0.15, 0.2) is 71.8 Å². The van der Waals surface area contributed by atoms with Gasteiger partial charge in [-0.25, -0.2) is 10.9 Å². The Balaban J connectivity index is 1.75. The Hall–Kier alpha value is -3.97. The fourth-order valence-corrected chi connectivity index (χ4v) is 2.63. The van der Waals surface area contributed by atoms with Gasteiger partial charge in [0.2, 0.25) is 0 Å². The van der Waals surface area contributed by atoms with E-state index in [9.17, 15) is 14.7 Å². The molecule has 0 saturated carbocycles. The Morgan fingerprint density at radius 1 is 1.00 bits per heavy atom. The highest BCUT2D eigenvalue weighted by Crippen LogP contribution is 2.25. The number of hydrogen-bond acceptors (Lipinski definition) is 5. The Kier molecular flexibility index (Phi) is 5.78. The maximum absolute atomic E-state index is 12.3. The topological polar surface area (TPSA) is 111 Å². The molecule has 0 bridgehead atoms. The zero-order chi connectivity index (χ0) is 19.9. The minimum Gasteiger partial charge on any atom is -0.507 e. The SMILES string of the molecule is O=C(/C=C/c1cccc(C(=O)N/N=C/c2c(O)ccc3ccccc23)c1)NO. The van der Waals surface area contributed by atoms with Crippen molar-refractivity contribution in [2.45, 2.75) is 0 Å². The lowest BCUT2D eigenvalue weighted by Gasteiger charge is -2.05. The van der Waals surface area contributed by atoms with E-state index in [0.717, 1.165) is 16.8 Å². The summed E-state index contributed by atoms with van der Waals surface area (Å²) in [6.07, 6.45) is 3.99. The number of hydrazone groups is 1. The number of phenolic OH excluding ortho intramolecular Hbond substituents is 1. The van der Waals surface area contributed by atoms with E-state index in [4.69, 9.17) is 5.21 Å². The number of nitrogens with zero attached hydrogens (tertiary/aromatic N) is 1. The van der Waals surface area contributed by atoms with Gasteiger partial charge in [-0.2, -0.15) is 5.10 Å². The van der Waals surface area contributed by atoms with Gasteiger partial charge in [-0.05, 0) is 40.6 Å². The highest BCUT2D eigenvalue weighted by Gasteiger charge is 2.06. The Labute approximate surface area is 160 Å². The van der Waals surface area contributed by atoms with E-state index in [0.29, 0.717) is 16.7 Å². The van der Waals surface area contributed by atoms with Crippen LogP contribution < -0.4 is 10.9 Å². The van der Waals surface area contributed by atoms with Gasteiger partial charge in [0.15, 0.2) is 0 Å². The van der Waals surface area contributed by atoms with E-state index >= 15 is 0 Å². The summed E-state index contributed by atoms with van der Waals surface area (Å²) in [5, 5.41) is 24.3. The molecular weight excluding hydrogens is 358 g/mol. The minimum absolute atomic E-state index is 0.0611. The lowest BCUT2D eigenvalue weighted by Crippen LogP contribution is -2.17. The zero-order valence-electron chi connectivity index (χ0n) is 14.7. The number of hydrogen-bond donors (Lipinski definition) is 4. The second-order valence-corrected chi connectivity index (χ2v) is 5.85. The molecule has 28 heavy (non-hydrogen) atoms. The normalized spacial score (nSPS) is 11.2. The monoisotopic (exact) mass is 375 g/mol. The number of carbonyl (C=O) groups excluding carboxylic acids is 2. The highest BCUT2D eigenvalue weighted by molar-refractivity contribution is 6.03. The predicted octanol–water partition coefficient (Wildman–Crippen LogP) is 2.83. The quantitative estimate of drug-likeness (QED) is 0.238. The van der Waals surface area contributed by atoms with Crippen LogP contribution in [0, 0.1) is 0 Å². The molecule has 3 rings (SSSR count). The Morgan fingerprint density at radius 2 is 1.82 bits per heavy atom. The van der Waals surface area contributed by atoms with Gasteiger partial charge in [0, 0.05) is 17.2 Å². The van der Waals surface area contributed by atoms with Crippen LogP contribution in [-0.2, 0) is 4.79 Å². The van der Waals surface area contributed by atoms with E-state index in [1.807, 2.05) is 24.3 Å². The van der Waals surface area contributed by atoms with Crippen LogP contribution in [0.2, 0.25) is 0 Å². The Morgan fingerprint density at radius 3 is 2.64 bits per heavy atom. The highest BCUT2D eigenvalue weighted by atomic mass is 16.5. The second-order valence-electron chi connectivity index (χ2n) is 5.85. The van der Waals surface area contributed by atoms with Crippen molar-refractivity contribution in [1.29, 1.82) is 0 Å². The molecule has 0 aliphatic rings. The van der Waals surface area contributed by atoms with E-state index in [1.54, 1.807) is 36.4 Å². The largest absolute Gasteiger partial charge is 0.507 e. The summed E-state index contributed by atoms with van der Waals surface area (Å²) in [5.74, 6) is -1.06. The number of amides is 2. The van der Waals surface area contributed by atoms with Crippen molar-refractivity contribution in [1.82, 2.24) is 10.9 Å². The number of rotatable bonds is 5. The molecule has 0 heterocycles. The summed E-state index contributed by atoms with van der Waals surface area (Å²) in [5.41, 5.74) is 5.35. The van der Waals surface area contributed by atoms with Crippen molar-refractivity contribution in [3.05, 3.63) is 83.4 Å². The van der Waals surface area contributed by atoms with Crippen molar-refractivity contribution in [3.63, 3.8) is 0 Å². The first-order chi connectivity index (χ1) is 13.6. The minimum atomic E-state index is -0.672. The number of phenols is 1. The number of nitrogens with one attached hydrogen (secondary N) is 2. The van der Waals surface area contributed by atoms with Gasteiger partial charge in [0.05, 0.1) is 6.21 Å². The van der Waals surface area contributed by atoms with Gasteiger partial charge >= 0.3 is 0 Å². The molecule has 3 aromatic carbocycles. The number of carbonyl (C=O) groups is 2. The van der Waals surface area contributed by atoms with Crippen molar-refractivity contribution >= 4 is 34.9 Å². The van der Waals surface area contributed by atoms with E-state index in [-0.39, 0.29) is 5.75 Å². The van der Waals surface area contributed by atoms with Crippen LogP contribution >= 0.6 is 0 Å². The van der Waals surface area contributed by atoms with Gasteiger partial charge in [-0.1, -0.05) is 42.5 Å². The smallest absolute Gasteiger partial charge is 0.271 e. The van der Waals surface area contributed by atoms with Crippen LogP contribution in [0.5, 0.6) is 5.75 Å². The standard InChI is InChI=1S/C21H17N3O4/c25-19-10-9-15-5-1-2-7-17(15)18(19)13-22-23-21(27)16-6-3-4-14(12-16)8-11-20(26)24-28/h1-13,25,28H,(H,23,27)(H,24,26)/b11-8+,22-13+. The predicted molar refractivity (Wildman–Crippen MR) is 106 cm³/mol. The van der Waals surface area contributed by atoms with Crippen molar-refractivity contribution in [3.8, 4) is 5.75 Å². The molecule has 0 atom stereocenters.